The largest absolute Gasteiger partial charge is 0.496 e. The summed E-state index contributed by atoms with van der Waals surface area (Å²) in [5.74, 6) is 3.00. The molecule has 0 unspecified atom stereocenters. The number of methoxy groups -OCH3 is 1. The van der Waals surface area contributed by atoms with Gasteiger partial charge in [0.25, 0.3) is 0 Å². The van der Waals surface area contributed by atoms with Crippen molar-refractivity contribution in [1.29, 1.82) is 0 Å². The van der Waals surface area contributed by atoms with Crippen molar-refractivity contribution in [3.05, 3.63) is 29.3 Å². The second kappa shape index (κ2) is 10.4. The van der Waals surface area contributed by atoms with E-state index in [9.17, 15) is 0 Å². The fraction of sp³-hybridized carbons (Fsp3) is 0.562. The predicted octanol–water partition coefficient (Wildman–Crippen LogP) is 2.81. The Hall–Kier alpha value is -1.36. The summed E-state index contributed by atoms with van der Waals surface area (Å²) < 4.78 is 5.27. The van der Waals surface area contributed by atoms with E-state index in [0.29, 0.717) is 0 Å². The van der Waals surface area contributed by atoms with E-state index in [1.165, 1.54) is 24.2 Å². The summed E-state index contributed by atoms with van der Waals surface area (Å²) in [5, 5.41) is 6.67. The van der Waals surface area contributed by atoms with Gasteiger partial charge in [-0.3, -0.25) is 4.99 Å². The van der Waals surface area contributed by atoms with E-state index in [0.717, 1.165) is 30.4 Å². The van der Waals surface area contributed by atoms with Crippen LogP contribution in [0.3, 0.4) is 0 Å². The molecular weight excluding hydrogens is 282 g/mol. The van der Waals surface area contributed by atoms with Crippen molar-refractivity contribution in [3.8, 4) is 5.75 Å². The molecule has 0 spiro atoms. The zero-order chi connectivity index (χ0) is 15.5. The van der Waals surface area contributed by atoms with Crippen molar-refractivity contribution in [1.82, 2.24) is 10.6 Å². The number of aliphatic imine (C=N–C) groups is 1. The predicted molar refractivity (Wildman–Crippen MR) is 93.5 cm³/mol. The number of benzene rings is 1. The molecule has 0 bridgehead atoms. The number of hydrogen-bond acceptors (Lipinski definition) is 3. The Morgan fingerprint density at radius 2 is 2.10 bits per heavy atom. The maximum absolute atomic E-state index is 5.27. The average Bonchev–Trinajstić information content (AvgIpc) is 2.50. The minimum atomic E-state index is 0.759. The highest BCUT2D eigenvalue weighted by Crippen LogP contribution is 2.18. The van der Waals surface area contributed by atoms with Crippen LogP contribution >= 0.6 is 11.8 Å². The van der Waals surface area contributed by atoms with Crippen LogP contribution in [0.25, 0.3) is 0 Å². The average molecular weight is 309 g/mol. The third-order valence-electron chi connectivity index (χ3n) is 3.21. The molecule has 0 heterocycles. The molecule has 0 saturated heterocycles. The summed E-state index contributed by atoms with van der Waals surface area (Å²) in [4.78, 5) is 4.24. The lowest BCUT2D eigenvalue weighted by Crippen LogP contribution is -2.37. The van der Waals surface area contributed by atoms with E-state index in [1.54, 1.807) is 14.2 Å². The van der Waals surface area contributed by atoms with Crippen LogP contribution in [0, 0.1) is 6.92 Å². The number of guanidine groups is 1. The van der Waals surface area contributed by atoms with Crippen LogP contribution in [0.2, 0.25) is 0 Å². The lowest BCUT2D eigenvalue weighted by molar-refractivity contribution is 0.411. The van der Waals surface area contributed by atoms with Gasteiger partial charge in [-0.05, 0) is 49.0 Å². The van der Waals surface area contributed by atoms with E-state index in [-0.39, 0.29) is 0 Å². The van der Waals surface area contributed by atoms with Crippen LogP contribution in [-0.2, 0) is 6.54 Å². The molecule has 0 aliphatic heterocycles. The zero-order valence-corrected chi connectivity index (χ0v) is 14.3. The van der Waals surface area contributed by atoms with Gasteiger partial charge >= 0.3 is 0 Å². The number of nitrogens with one attached hydrogen (secondary N) is 2. The number of rotatable bonds is 8. The van der Waals surface area contributed by atoms with Crippen molar-refractivity contribution >= 4 is 17.7 Å². The highest BCUT2D eigenvalue weighted by molar-refractivity contribution is 7.98. The SMILES string of the molecule is CN=C(NCCCCSC)NCc1ccc(OC)c(C)c1. The number of ether oxygens (including phenoxy) is 1. The van der Waals surface area contributed by atoms with Gasteiger partial charge in [-0.15, -0.1) is 0 Å². The molecule has 1 aromatic carbocycles. The van der Waals surface area contributed by atoms with Gasteiger partial charge in [-0.2, -0.15) is 11.8 Å². The first-order valence-corrected chi connectivity index (χ1v) is 8.67. The Morgan fingerprint density at radius 3 is 2.71 bits per heavy atom. The summed E-state index contributed by atoms with van der Waals surface area (Å²) in [6.45, 7) is 3.78. The second-order valence-electron chi connectivity index (χ2n) is 4.86. The van der Waals surface area contributed by atoms with Crippen LogP contribution in [-0.4, -0.2) is 38.7 Å². The number of unbranched alkanes of at least 4 members (excludes halogenated alkanes) is 1. The molecule has 0 aromatic heterocycles. The maximum atomic E-state index is 5.27. The van der Waals surface area contributed by atoms with Crippen molar-refractivity contribution in [2.75, 3.05) is 32.7 Å². The van der Waals surface area contributed by atoms with Crippen LogP contribution < -0.4 is 15.4 Å². The first kappa shape index (κ1) is 17.7. The molecule has 21 heavy (non-hydrogen) atoms. The molecule has 5 heteroatoms. The summed E-state index contributed by atoms with van der Waals surface area (Å²) in [5.41, 5.74) is 2.37. The van der Waals surface area contributed by atoms with Crippen LogP contribution in [0.5, 0.6) is 5.75 Å². The molecule has 1 aromatic rings. The topological polar surface area (TPSA) is 45.7 Å². The lowest BCUT2D eigenvalue weighted by atomic mass is 10.1. The third-order valence-corrected chi connectivity index (χ3v) is 3.91. The lowest BCUT2D eigenvalue weighted by Gasteiger charge is -2.13. The molecule has 0 atom stereocenters. The van der Waals surface area contributed by atoms with Gasteiger partial charge < -0.3 is 15.4 Å². The van der Waals surface area contributed by atoms with Crippen LogP contribution in [0.4, 0.5) is 0 Å². The van der Waals surface area contributed by atoms with E-state index in [4.69, 9.17) is 4.74 Å². The third kappa shape index (κ3) is 6.76. The zero-order valence-electron chi connectivity index (χ0n) is 13.5. The number of nitrogens with zero attached hydrogens (tertiary/aromatic N) is 1. The Balaban J connectivity index is 2.36. The van der Waals surface area contributed by atoms with E-state index >= 15 is 0 Å². The molecular formula is C16H27N3OS. The Labute approximate surface area is 132 Å². The van der Waals surface area contributed by atoms with Crippen molar-refractivity contribution in [3.63, 3.8) is 0 Å². The molecule has 2 N–H and O–H groups in total. The molecule has 4 nitrogen and oxygen atoms in total. The summed E-state index contributed by atoms with van der Waals surface area (Å²) in [6, 6.07) is 6.22. The van der Waals surface area contributed by atoms with Crippen molar-refractivity contribution < 1.29 is 4.74 Å². The molecule has 0 aliphatic rings. The Bertz CT molecular complexity index is 449. The van der Waals surface area contributed by atoms with E-state index < -0.39 is 0 Å². The van der Waals surface area contributed by atoms with E-state index in [1.807, 2.05) is 17.8 Å². The van der Waals surface area contributed by atoms with Gasteiger partial charge in [0, 0.05) is 20.1 Å². The van der Waals surface area contributed by atoms with Gasteiger partial charge in [0.2, 0.25) is 0 Å². The number of aryl methyl sites for hydroxylation is 1. The minimum Gasteiger partial charge on any atom is -0.496 e. The molecule has 0 saturated carbocycles. The summed E-state index contributed by atoms with van der Waals surface area (Å²) in [6.07, 6.45) is 4.55. The van der Waals surface area contributed by atoms with Gasteiger partial charge in [0.1, 0.15) is 5.75 Å². The molecule has 0 radical (unpaired) electrons. The highest BCUT2D eigenvalue weighted by atomic mass is 32.2. The smallest absolute Gasteiger partial charge is 0.191 e. The standard InChI is InChI=1S/C16H27N3OS/c1-13-11-14(7-8-15(13)20-3)12-19-16(17-2)18-9-5-6-10-21-4/h7-8,11H,5-6,9-10,12H2,1-4H3,(H2,17,18,19). The summed E-state index contributed by atoms with van der Waals surface area (Å²) in [7, 11) is 3.50. The Kier molecular flexibility index (Phi) is 8.74. The molecule has 0 fully saturated rings. The van der Waals surface area contributed by atoms with Gasteiger partial charge in [-0.1, -0.05) is 12.1 Å². The van der Waals surface area contributed by atoms with Gasteiger partial charge in [-0.25, -0.2) is 0 Å². The van der Waals surface area contributed by atoms with Crippen molar-refractivity contribution in [2.24, 2.45) is 4.99 Å². The number of hydrogen-bond donors (Lipinski definition) is 2. The fourth-order valence-corrected chi connectivity index (χ4v) is 2.53. The molecule has 118 valence electrons. The van der Waals surface area contributed by atoms with E-state index in [2.05, 4.69) is 40.9 Å². The van der Waals surface area contributed by atoms with Crippen LogP contribution in [0.15, 0.2) is 23.2 Å². The van der Waals surface area contributed by atoms with Crippen LogP contribution in [0.1, 0.15) is 24.0 Å². The minimum absolute atomic E-state index is 0.759. The second-order valence-corrected chi connectivity index (χ2v) is 5.84. The molecule has 1 rings (SSSR count). The molecule has 0 amide bonds. The molecule has 0 aliphatic carbocycles. The first-order chi connectivity index (χ1) is 10.2. The monoisotopic (exact) mass is 309 g/mol. The van der Waals surface area contributed by atoms with Gasteiger partial charge in [0.05, 0.1) is 7.11 Å². The normalized spacial score (nSPS) is 11.3. The fourth-order valence-electron chi connectivity index (χ4n) is 2.04. The maximum Gasteiger partial charge on any atom is 0.191 e. The Morgan fingerprint density at radius 1 is 1.29 bits per heavy atom. The van der Waals surface area contributed by atoms with Gasteiger partial charge in [0.15, 0.2) is 5.96 Å². The van der Waals surface area contributed by atoms with Crippen molar-refractivity contribution in [2.45, 2.75) is 26.3 Å². The summed E-state index contributed by atoms with van der Waals surface area (Å²) >= 11 is 1.89. The first-order valence-electron chi connectivity index (χ1n) is 7.28. The number of thioether (sulfide) groups is 1. The highest BCUT2D eigenvalue weighted by Gasteiger charge is 2.01. The quantitative estimate of drug-likeness (QED) is 0.440.